The molecule has 0 aliphatic heterocycles. The summed E-state index contributed by atoms with van der Waals surface area (Å²) in [6, 6.07) is 0. The van der Waals surface area contributed by atoms with Gasteiger partial charge in [-0.3, -0.25) is 0 Å². The van der Waals surface area contributed by atoms with Crippen LogP contribution in [0, 0.1) is 17.8 Å². The molecule has 0 radical (unpaired) electrons. The number of hydrogen-bond donors (Lipinski definition) is 0. The summed E-state index contributed by atoms with van der Waals surface area (Å²) in [5.41, 5.74) is -2.14. The van der Waals surface area contributed by atoms with Gasteiger partial charge in [-0.05, 0) is 43.9 Å². The Labute approximate surface area is 135 Å². The van der Waals surface area contributed by atoms with Gasteiger partial charge >= 0.3 is 29.6 Å². The fraction of sp³-hybridized carbons (Fsp3) is 1.00. The molecule has 108 valence electrons. The van der Waals surface area contributed by atoms with Crippen molar-refractivity contribution in [2.45, 2.75) is 70.4 Å². The summed E-state index contributed by atoms with van der Waals surface area (Å²) in [5, 5.41) is 0. The minimum absolute atomic E-state index is 0. The Morgan fingerprint density at radius 1 is 0.895 bits per heavy atom. The molecule has 0 N–H and O–H groups in total. The molecule has 4 aliphatic carbocycles. The molecule has 0 aromatic carbocycles. The second-order valence-corrected chi connectivity index (χ2v) is 6.13. The van der Waals surface area contributed by atoms with Crippen LogP contribution in [0.15, 0.2) is 0 Å². The molecule has 4 aliphatic rings. The molecule has 0 spiro atoms. The molecule has 0 amide bonds. The first kappa shape index (κ1) is 19.7. The van der Waals surface area contributed by atoms with E-state index in [9.17, 15) is 13.2 Å². The first-order chi connectivity index (χ1) is 7.93. The van der Waals surface area contributed by atoms with E-state index in [2.05, 4.69) is 13.8 Å². The molecule has 0 aromatic rings. The molecule has 2 unspecified atom stereocenters. The Morgan fingerprint density at radius 2 is 1.32 bits per heavy atom. The van der Waals surface area contributed by atoms with E-state index in [4.69, 9.17) is 0 Å². The number of unbranched alkanes of at least 4 members (excludes halogenated alkanes) is 1. The molecule has 4 rings (SSSR count). The van der Waals surface area contributed by atoms with Crippen LogP contribution in [0.1, 0.15) is 58.8 Å². The Hall–Kier alpha value is 0.720. The maximum Gasteiger partial charge on any atom is 1.00 e. The first-order valence-corrected chi connectivity index (χ1v) is 6.99. The minimum Gasteiger partial charge on any atom is -1.00 e. The number of halogens is 4. The summed E-state index contributed by atoms with van der Waals surface area (Å²) < 4.78 is 40.9. The average molecular weight is 290 g/mol. The SMILES string of the molecule is CCCC.FC12CC3CC(CC(C3)C1(F)F)C2.[F-].[Na+]. The molecule has 4 saturated carbocycles. The van der Waals surface area contributed by atoms with Gasteiger partial charge < -0.3 is 4.70 Å². The fourth-order valence-electron chi connectivity index (χ4n) is 3.83. The molecular formula is C14H23F4Na. The molecule has 5 heteroatoms. The molecule has 4 bridgehead atoms. The van der Waals surface area contributed by atoms with Crippen LogP contribution in [0.5, 0.6) is 0 Å². The quantitative estimate of drug-likeness (QED) is 0.429. The van der Waals surface area contributed by atoms with Crippen LogP contribution >= 0.6 is 0 Å². The predicted molar refractivity (Wildman–Crippen MR) is 62.9 cm³/mol. The van der Waals surface area contributed by atoms with Gasteiger partial charge in [0.1, 0.15) is 0 Å². The van der Waals surface area contributed by atoms with Crippen molar-refractivity contribution in [3.63, 3.8) is 0 Å². The van der Waals surface area contributed by atoms with Gasteiger partial charge in [0.05, 0.1) is 0 Å². The van der Waals surface area contributed by atoms with E-state index in [0.29, 0.717) is 12.8 Å². The normalized spacial score (nSPS) is 40.6. The van der Waals surface area contributed by atoms with E-state index in [1.807, 2.05) is 0 Å². The van der Waals surface area contributed by atoms with Crippen LogP contribution in [-0.2, 0) is 0 Å². The smallest absolute Gasteiger partial charge is 1.00 e. The first-order valence-electron chi connectivity index (χ1n) is 6.99. The standard InChI is InChI=1S/C10H13F3.C4H10.FH.Na/c11-9-4-6-1-7(5-9)3-8(2-6)10(9,12)13;1-3-4-2;;/h6-8H,1-5H2;3-4H2,1-2H3;1H;/q;;;+1/p-1. The van der Waals surface area contributed by atoms with Gasteiger partial charge in [0.2, 0.25) is 0 Å². The summed E-state index contributed by atoms with van der Waals surface area (Å²) in [6.45, 7) is 4.36. The van der Waals surface area contributed by atoms with Gasteiger partial charge in [0.25, 0.3) is 5.92 Å². The summed E-state index contributed by atoms with van der Waals surface area (Å²) in [7, 11) is 0. The van der Waals surface area contributed by atoms with Crippen LogP contribution in [0.4, 0.5) is 13.2 Å². The monoisotopic (exact) mass is 290 g/mol. The van der Waals surface area contributed by atoms with E-state index in [1.54, 1.807) is 0 Å². The van der Waals surface area contributed by atoms with Crippen LogP contribution in [-0.4, -0.2) is 11.6 Å². The van der Waals surface area contributed by atoms with Gasteiger partial charge in [0, 0.05) is 5.92 Å². The van der Waals surface area contributed by atoms with E-state index in [0.717, 1.165) is 6.42 Å². The topological polar surface area (TPSA) is 0 Å². The third-order valence-corrected chi connectivity index (χ3v) is 4.74. The average Bonchev–Trinajstić information content (AvgIpc) is 2.25. The van der Waals surface area contributed by atoms with Crippen LogP contribution in [0.3, 0.4) is 0 Å². The zero-order chi connectivity index (χ0) is 12.7. The molecule has 4 fully saturated rings. The molecule has 19 heavy (non-hydrogen) atoms. The summed E-state index contributed by atoms with van der Waals surface area (Å²) >= 11 is 0. The molecular weight excluding hydrogens is 267 g/mol. The zero-order valence-corrected chi connectivity index (χ0v) is 14.2. The molecule has 0 heterocycles. The van der Waals surface area contributed by atoms with Gasteiger partial charge in [-0.15, -0.1) is 0 Å². The maximum absolute atomic E-state index is 13.9. The fourth-order valence-corrected chi connectivity index (χ4v) is 3.83. The van der Waals surface area contributed by atoms with Crippen molar-refractivity contribution in [1.29, 1.82) is 0 Å². The zero-order valence-electron chi connectivity index (χ0n) is 12.2. The van der Waals surface area contributed by atoms with Crippen molar-refractivity contribution in [2.75, 3.05) is 0 Å². The summed E-state index contributed by atoms with van der Waals surface area (Å²) in [5.74, 6) is -3.17. The Kier molecular flexibility index (Phi) is 7.40. The van der Waals surface area contributed by atoms with Crippen molar-refractivity contribution < 1.29 is 47.4 Å². The summed E-state index contributed by atoms with van der Waals surface area (Å²) in [6.07, 6.45) is 5.00. The van der Waals surface area contributed by atoms with E-state index in [-0.39, 0.29) is 58.9 Å². The maximum atomic E-state index is 13.9. The molecule has 0 nitrogen and oxygen atoms in total. The Balaban J connectivity index is 0.000000486. The predicted octanol–water partition coefficient (Wildman–Crippen LogP) is -1.02. The van der Waals surface area contributed by atoms with Crippen LogP contribution in [0.2, 0.25) is 0 Å². The van der Waals surface area contributed by atoms with E-state index < -0.39 is 17.5 Å². The van der Waals surface area contributed by atoms with Crippen LogP contribution < -0.4 is 34.3 Å². The van der Waals surface area contributed by atoms with Crippen molar-refractivity contribution >= 4 is 0 Å². The van der Waals surface area contributed by atoms with Gasteiger partial charge in [0.15, 0.2) is 5.67 Å². The van der Waals surface area contributed by atoms with Gasteiger partial charge in [-0.25, -0.2) is 13.2 Å². The van der Waals surface area contributed by atoms with E-state index in [1.165, 1.54) is 12.8 Å². The Bertz CT molecular complexity index is 267. The second-order valence-electron chi connectivity index (χ2n) is 6.13. The molecule has 0 aromatic heterocycles. The van der Waals surface area contributed by atoms with E-state index >= 15 is 0 Å². The van der Waals surface area contributed by atoms with Crippen molar-refractivity contribution in [1.82, 2.24) is 0 Å². The molecule has 0 saturated heterocycles. The minimum atomic E-state index is -3.03. The van der Waals surface area contributed by atoms with Crippen molar-refractivity contribution in [2.24, 2.45) is 17.8 Å². The largest absolute Gasteiger partial charge is 1.00 e. The third kappa shape index (κ3) is 3.49. The van der Waals surface area contributed by atoms with Crippen LogP contribution in [0.25, 0.3) is 0 Å². The third-order valence-electron chi connectivity index (χ3n) is 4.74. The number of alkyl halides is 3. The second kappa shape index (κ2) is 7.13. The molecule has 2 atom stereocenters. The van der Waals surface area contributed by atoms with Crippen molar-refractivity contribution in [3.8, 4) is 0 Å². The van der Waals surface area contributed by atoms with Gasteiger partial charge in [-0.1, -0.05) is 26.7 Å². The Morgan fingerprint density at radius 3 is 1.63 bits per heavy atom. The number of rotatable bonds is 1. The summed E-state index contributed by atoms with van der Waals surface area (Å²) in [4.78, 5) is 0. The van der Waals surface area contributed by atoms with Crippen molar-refractivity contribution in [3.05, 3.63) is 0 Å². The van der Waals surface area contributed by atoms with Gasteiger partial charge in [-0.2, -0.15) is 0 Å². The number of hydrogen-bond acceptors (Lipinski definition) is 0.